The summed E-state index contributed by atoms with van der Waals surface area (Å²) in [4.78, 5) is 27.9. The summed E-state index contributed by atoms with van der Waals surface area (Å²) in [6.45, 7) is 6.85. The zero-order valence-corrected chi connectivity index (χ0v) is 16.8. The predicted octanol–water partition coefficient (Wildman–Crippen LogP) is 3.49. The Kier molecular flexibility index (Phi) is 6.69. The van der Waals surface area contributed by atoms with Gasteiger partial charge in [-0.05, 0) is 42.2 Å². The number of nitrogens with one attached hydrogen (secondary N) is 1. The van der Waals surface area contributed by atoms with E-state index in [0.717, 1.165) is 50.4 Å². The van der Waals surface area contributed by atoms with Crippen molar-refractivity contribution in [2.75, 3.05) is 36.4 Å². The molecule has 0 spiro atoms. The summed E-state index contributed by atoms with van der Waals surface area (Å²) >= 11 is 0. The summed E-state index contributed by atoms with van der Waals surface area (Å²) in [5.74, 6) is 0.156. The number of hydrogen-bond donors (Lipinski definition) is 1. The van der Waals surface area contributed by atoms with Gasteiger partial charge in [0.05, 0.1) is 0 Å². The van der Waals surface area contributed by atoms with E-state index in [1.165, 1.54) is 11.1 Å². The molecule has 0 saturated carbocycles. The van der Waals surface area contributed by atoms with Crippen LogP contribution >= 0.6 is 0 Å². The van der Waals surface area contributed by atoms with Crippen LogP contribution in [-0.2, 0) is 22.4 Å². The van der Waals surface area contributed by atoms with Crippen LogP contribution in [0.3, 0.4) is 0 Å². The van der Waals surface area contributed by atoms with Crippen LogP contribution in [0.1, 0.15) is 31.4 Å². The Morgan fingerprint density at radius 2 is 1.64 bits per heavy atom. The molecular weight excluding hydrogens is 350 g/mol. The number of benzene rings is 2. The fraction of sp³-hybridized carbons (Fsp3) is 0.391. The van der Waals surface area contributed by atoms with Crippen LogP contribution in [0, 0.1) is 0 Å². The second-order valence-corrected chi connectivity index (χ2v) is 7.26. The van der Waals surface area contributed by atoms with Crippen molar-refractivity contribution in [2.45, 2.75) is 33.1 Å². The third-order valence-electron chi connectivity index (χ3n) is 5.29. The van der Waals surface area contributed by atoms with Gasteiger partial charge in [0.1, 0.15) is 0 Å². The molecule has 1 N–H and O–H groups in total. The molecule has 2 aromatic rings. The van der Waals surface area contributed by atoms with E-state index < -0.39 is 0 Å². The van der Waals surface area contributed by atoms with E-state index in [-0.39, 0.29) is 11.8 Å². The SMILES string of the molecule is CCc1ccc(CCC(=O)Nc2cccc(N3CCN(C(C)=O)CC3)c2)cc1. The average molecular weight is 380 g/mol. The Morgan fingerprint density at radius 3 is 2.29 bits per heavy atom. The molecule has 3 rings (SSSR count). The quantitative estimate of drug-likeness (QED) is 0.836. The normalized spacial score (nSPS) is 14.1. The summed E-state index contributed by atoms with van der Waals surface area (Å²) in [5.41, 5.74) is 4.40. The first-order valence-electron chi connectivity index (χ1n) is 10.0. The van der Waals surface area contributed by atoms with E-state index in [0.29, 0.717) is 6.42 Å². The molecule has 0 unspecified atom stereocenters. The monoisotopic (exact) mass is 379 g/mol. The lowest BCUT2D eigenvalue weighted by atomic mass is 10.1. The molecule has 5 nitrogen and oxygen atoms in total. The van der Waals surface area contributed by atoms with Gasteiger partial charge >= 0.3 is 0 Å². The van der Waals surface area contributed by atoms with Crippen LogP contribution in [0.25, 0.3) is 0 Å². The van der Waals surface area contributed by atoms with Gasteiger partial charge in [-0.3, -0.25) is 9.59 Å². The van der Waals surface area contributed by atoms with Gasteiger partial charge in [-0.1, -0.05) is 37.3 Å². The fourth-order valence-corrected chi connectivity index (χ4v) is 3.48. The van der Waals surface area contributed by atoms with E-state index in [9.17, 15) is 9.59 Å². The summed E-state index contributed by atoms with van der Waals surface area (Å²) in [6.07, 6.45) is 2.23. The maximum atomic E-state index is 12.3. The molecule has 0 atom stereocenters. The lowest BCUT2D eigenvalue weighted by Gasteiger charge is -2.35. The van der Waals surface area contributed by atoms with E-state index in [1.54, 1.807) is 6.92 Å². The summed E-state index contributed by atoms with van der Waals surface area (Å²) in [7, 11) is 0. The van der Waals surface area contributed by atoms with E-state index in [1.807, 2.05) is 29.2 Å². The zero-order chi connectivity index (χ0) is 19.9. The zero-order valence-electron chi connectivity index (χ0n) is 16.8. The first-order chi connectivity index (χ1) is 13.5. The molecule has 28 heavy (non-hydrogen) atoms. The number of piperazine rings is 1. The van der Waals surface area contributed by atoms with Crippen LogP contribution in [0.2, 0.25) is 0 Å². The number of hydrogen-bond acceptors (Lipinski definition) is 3. The molecule has 2 aromatic carbocycles. The molecule has 1 heterocycles. The molecule has 148 valence electrons. The van der Waals surface area contributed by atoms with Crippen molar-refractivity contribution in [2.24, 2.45) is 0 Å². The molecule has 1 saturated heterocycles. The molecular formula is C23H29N3O2. The highest BCUT2D eigenvalue weighted by Gasteiger charge is 2.19. The largest absolute Gasteiger partial charge is 0.368 e. The number of nitrogens with zero attached hydrogens (tertiary/aromatic N) is 2. The van der Waals surface area contributed by atoms with Crippen molar-refractivity contribution < 1.29 is 9.59 Å². The van der Waals surface area contributed by atoms with Gasteiger partial charge in [0.15, 0.2) is 0 Å². The Bertz CT molecular complexity index is 809. The Morgan fingerprint density at radius 1 is 0.964 bits per heavy atom. The number of amides is 2. The average Bonchev–Trinajstić information content (AvgIpc) is 2.73. The number of carbonyl (C=O) groups excluding carboxylic acids is 2. The van der Waals surface area contributed by atoms with Crippen molar-refractivity contribution in [3.63, 3.8) is 0 Å². The van der Waals surface area contributed by atoms with Crippen LogP contribution < -0.4 is 10.2 Å². The lowest BCUT2D eigenvalue weighted by Crippen LogP contribution is -2.48. The standard InChI is InChI=1S/C23H29N3O2/c1-3-19-7-9-20(10-8-19)11-12-23(28)24-21-5-4-6-22(17-21)26-15-13-25(14-16-26)18(2)27/h4-10,17H,3,11-16H2,1-2H3,(H,24,28). The maximum absolute atomic E-state index is 12.3. The highest BCUT2D eigenvalue weighted by atomic mass is 16.2. The Labute approximate surface area is 167 Å². The smallest absolute Gasteiger partial charge is 0.224 e. The molecule has 5 heteroatoms. The van der Waals surface area contributed by atoms with Crippen molar-refractivity contribution in [3.05, 3.63) is 59.7 Å². The van der Waals surface area contributed by atoms with Crippen molar-refractivity contribution >= 4 is 23.2 Å². The number of aryl methyl sites for hydroxylation is 2. The topological polar surface area (TPSA) is 52.7 Å². The molecule has 1 aliphatic rings. The molecule has 2 amide bonds. The van der Waals surface area contributed by atoms with Gasteiger partial charge < -0.3 is 15.1 Å². The van der Waals surface area contributed by atoms with Crippen molar-refractivity contribution in [3.8, 4) is 0 Å². The van der Waals surface area contributed by atoms with Gasteiger partial charge in [-0.15, -0.1) is 0 Å². The molecule has 0 aliphatic carbocycles. The van der Waals surface area contributed by atoms with Gasteiger partial charge in [0.25, 0.3) is 0 Å². The number of anilines is 2. The minimum absolute atomic E-state index is 0.0260. The second-order valence-electron chi connectivity index (χ2n) is 7.26. The molecule has 0 aromatic heterocycles. The van der Waals surface area contributed by atoms with Crippen LogP contribution in [0.4, 0.5) is 11.4 Å². The molecule has 0 radical (unpaired) electrons. The van der Waals surface area contributed by atoms with Crippen molar-refractivity contribution in [1.82, 2.24) is 4.90 Å². The fourth-order valence-electron chi connectivity index (χ4n) is 3.48. The second kappa shape index (κ2) is 9.40. The maximum Gasteiger partial charge on any atom is 0.224 e. The summed E-state index contributed by atoms with van der Waals surface area (Å²) < 4.78 is 0. The third-order valence-corrected chi connectivity index (χ3v) is 5.29. The van der Waals surface area contributed by atoms with E-state index in [2.05, 4.69) is 41.4 Å². The van der Waals surface area contributed by atoms with Gasteiger partial charge in [-0.25, -0.2) is 0 Å². The van der Waals surface area contributed by atoms with E-state index >= 15 is 0 Å². The number of rotatable bonds is 6. The first-order valence-corrected chi connectivity index (χ1v) is 10.0. The molecule has 1 fully saturated rings. The molecule has 1 aliphatic heterocycles. The van der Waals surface area contributed by atoms with Crippen LogP contribution in [0.15, 0.2) is 48.5 Å². The summed E-state index contributed by atoms with van der Waals surface area (Å²) in [5, 5.41) is 3.01. The van der Waals surface area contributed by atoms with Gasteiger partial charge in [-0.2, -0.15) is 0 Å². The van der Waals surface area contributed by atoms with Crippen molar-refractivity contribution in [1.29, 1.82) is 0 Å². The lowest BCUT2D eigenvalue weighted by molar-refractivity contribution is -0.129. The molecule has 0 bridgehead atoms. The predicted molar refractivity (Wildman–Crippen MR) is 114 cm³/mol. The van der Waals surface area contributed by atoms with Gasteiger partial charge in [0, 0.05) is 50.9 Å². The van der Waals surface area contributed by atoms with Crippen LogP contribution in [0.5, 0.6) is 0 Å². The Hall–Kier alpha value is -2.82. The van der Waals surface area contributed by atoms with E-state index in [4.69, 9.17) is 0 Å². The minimum Gasteiger partial charge on any atom is -0.368 e. The number of carbonyl (C=O) groups is 2. The van der Waals surface area contributed by atoms with Gasteiger partial charge in [0.2, 0.25) is 11.8 Å². The summed E-state index contributed by atoms with van der Waals surface area (Å²) in [6, 6.07) is 16.4. The minimum atomic E-state index is 0.0260. The first kappa shape index (κ1) is 19.9. The van der Waals surface area contributed by atoms with Crippen LogP contribution in [-0.4, -0.2) is 42.9 Å². The third kappa shape index (κ3) is 5.35. The highest BCUT2D eigenvalue weighted by Crippen LogP contribution is 2.21. The highest BCUT2D eigenvalue weighted by molar-refractivity contribution is 5.91. The Balaban J connectivity index is 1.52.